The van der Waals surface area contributed by atoms with Gasteiger partial charge in [0.1, 0.15) is 5.82 Å². The summed E-state index contributed by atoms with van der Waals surface area (Å²) in [4.78, 5) is 6.29. The van der Waals surface area contributed by atoms with Gasteiger partial charge in [0.2, 0.25) is 0 Å². The van der Waals surface area contributed by atoms with E-state index in [1.807, 2.05) is 11.8 Å². The maximum Gasteiger partial charge on any atom is 0.112 e. The summed E-state index contributed by atoms with van der Waals surface area (Å²) in [5.41, 5.74) is 2.53. The van der Waals surface area contributed by atoms with Crippen molar-refractivity contribution in [2.24, 2.45) is 0 Å². The number of hydrogen-bond donors (Lipinski definition) is 0. The lowest BCUT2D eigenvalue weighted by atomic mass is 10.3. The van der Waals surface area contributed by atoms with E-state index < -0.39 is 0 Å². The Kier molecular flexibility index (Phi) is 4.35. The van der Waals surface area contributed by atoms with Crippen LogP contribution >= 0.6 is 11.8 Å². The Bertz CT molecular complexity index is 584. The van der Waals surface area contributed by atoms with Crippen LogP contribution < -0.4 is 0 Å². The lowest BCUT2D eigenvalue weighted by molar-refractivity contribution is 0.617. The monoisotopic (exact) mass is 288 g/mol. The lowest BCUT2D eigenvalue weighted by Crippen LogP contribution is -2.02. The van der Waals surface area contributed by atoms with Gasteiger partial charge in [0.05, 0.1) is 11.0 Å². The molecule has 0 radical (unpaired) electrons. The topological polar surface area (TPSA) is 17.8 Å². The first-order valence-electron chi connectivity index (χ1n) is 7.96. The minimum Gasteiger partial charge on any atom is -0.328 e. The first-order chi connectivity index (χ1) is 9.83. The van der Waals surface area contributed by atoms with Crippen LogP contribution in [0.25, 0.3) is 11.0 Å². The summed E-state index contributed by atoms with van der Waals surface area (Å²) < 4.78 is 2.49. The molecule has 0 saturated heterocycles. The van der Waals surface area contributed by atoms with Crippen molar-refractivity contribution in [3.63, 3.8) is 0 Å². The maximum absolute atomic E-state index is 4.90. The summed E-state index contributed by atoms with van der Waals surface area (Å²) >= 11 is 1.96. The summed E-state index contributed by atoms with van der Waals surface area (Å²) in [6.45, 7) is 5.63. The van der Waals surface area contributed by atoms with Crippen LogP contribution in [0.15, 0.2) is 23.1 Å². The number of aromatic nitrogens is 2. The Hall–Kier alpha value is -0.960. The molecule has 3 rings (SSSR count). The summed E-state index contributed by atoms with van der Waals surface area (Å²) in [5.74, 6) is 3.27. The zero-order chi connectivity index (χ0) is 13.9. The highest BCUT2D eigenvalue weighted by Gasteiger charge is 2.29. The number of thioether (sulfide) groups is 1. The first-order valence-corrected chi connectivity index (χ1v) is 8.95. The van der Waals surface area contributed by atoms with Crippen LogP contribution in [0.4, 0.5) is 0 Å². The van der Waals surface area contributed by atoms with Crippen molar-refractivity contribution >= 4 is 22.8 Å². The van der Waals surface area contributed by atoms with Gasteiger partial charge in [-0.05, 0) is 49.6 Å². The Labute approximate surface area is 126 Å². The number of benzene rings is 1. The van der Waals surface area contributed by atoms with E-state index in [0.717, 1.165) is 12.5 Å². The van der Waals surface area contributed by atoms with E-state index >= 15 is 0 Å². The van der Waals surface area contributed by atoms with Crippen molar-refractivity contribution in [2.45, 2.75) is 63.3 Å². The number of fused-ring (bicyclic) bond motifs is 1. The number of hydrogen-bond acceptors (Lipinski definition) is 2. The average Bonchev–Trinajstić information content (AvgIpc) is 3.25. The molecule has 3 heteroatoms. The molecule has 1 saturated carbocycles. The Morgan fingerprint density at radius 2 is 2.10 bits per heavy atom. The van der Waals surface area contributed by atoms with Crippen molar-refractivity contribution < 1.29 is 0 Å². The molecule has 1 aliphatic rings. The second-order valence-corrected chi connectivity index (χ2v) is 6.92. The van der Waals surface area contributed by atoms with Gasteiger partial charge < -0.3 is 4.57 Å². The minimum atomic E-state index is 0.728. The highest BCUT2D eigenvalue weighted by molar-refractivity contribution is 7.99. The zero-order valence-corrected chi connectivity index (χ0v) is 13.4. The Balaban J connectivity index is 1.97. The average molecular weight is 288 g/mol. The third kappa shape index (κ3) is 2.88. The maximum atomic E-state index is 4.90. The lowest BCUT2D eigenvalue weighted by Gasteiger charge is -2.08. The van der Waals surface area contributed by atoms with E-state index in [9.17, 15) is 0 Å². The molecule has 0 bridgehead atoms. The second kappa shape index (κ2) is 6.21. The number of unbranched alkanes of at least 4 members (excludes halogenated alkanes) is 1. The van der Waals surface area contributed by atoms with Crippen molar-refractivity contribution in [2.75, 3.05) is 5.75 Å². The van der Waals surface area contributed by atoms with Gasteiger partial charge in [-0.25, -0.2) is 4.98 Å². The van der Waals surface area contributed by atoms with E-state index in [-0.39, 0.29) is 0 Å². The fraction of sp³-hybridized carbons (Fsp3) is 0.588. The van der Waals surface area contributed by atoms with Crippen LogP contribution in [0.1, 0.15) is 57.7 Å². The SMILES string of the molecule is CCCCn1c(C2CC2)nc2ccc(SCCC)cc21. The van der Waals surface area contributed by atoms with Gasteiger partial charge in [-0.3, -0.25) is 0 Å². The fourth-order valence-corrected chi connectivity index (χ4v) is 3.43. The third-order valence-corrected chi connectivity index (χ3v) is 5.10. The number of aryl methyl sites for hydroxylation is 1. The molecule has 2 aromatic rings. The molecule has 20 heavy (non-hydrogen) atoms. The molecule has 1 aromatic heterocycles. The van der Waals surface area contributed by atoms with E-state index in [4.69, 9.17) is 4.98 Å². The van der Waals surface area contributed by atoms with Crippen molar-refractivity contribution in [1.82, 2.24) is 9.55 Å². The molecule has 2 nitrogen and oxygen atoms in total. The van der Waals surface area contributed by atoms with Gasteiger partial charge in [-0.15, -0.1) is 11.8 Å². The van der Waals surface area contributed by atoms with E-state index in [1.165, 1.54) is 59.6 Å². The molecular formula is C17H24N2S. The van der Waals surface area contributed by atoms with Crippen molar-refractivity contribution in [1.29, 1.82) is 0 Å². The number of rotatable bonds is 7. The molecule has 0 atom stereocenters. The summed E-state index contributed by atoms with van der Waals surface area (Å²) in [6.07, 6.45) is 6.37. The predicted molar refractivity (Wildman–Crippen MR) is 87.6 cm³/mol. The summed E-state index contributed by atoms with van der Waals surface area (Å²) in [6, 6.07) is 6.79. The molecule has 1 fully saturated rings. The largest absolute Gasteiger partial charge is 0.328 e. The summed E-state index contributed by atoms with van der Waals surface area (Å²) in [5, 5.41) is 0. The molecule has 1 aliphatic carbocycles. The summed E-state index contributed by atoms with van der Waals surface area (Å²) in [7, 11) is 0. The molecule has 0 aliphatic heterocycles. The van der Waals surface area contributed by atoms with Crippen LogP contribution in [0.2, 0.25) is 0 Å². The molecule has 0 spiro atoms. The molecule has 1 aromatic carbocycles. The van der Waals surface area contributed by atoms with Crippen LogP contribution in [-0.4, -0.2) is 15.3 Å². The van der Waals surface area contributed by atoms with Crippen LogP contribution in [0.5, 0.6) is 0 Å². The molecule has 1 heterocycles. The predicted octanol–water partition coefficient (Wildman–Crippen LogP) is 5.22. The minimum absolute atomic E-state index is 0.728. The molecule has 0 unspecified atom stereocenters. The van der Waals surface area contributed by atoms with Crippen molar-refractivity contribution in [3.05, 3.63) is 24.0 Å². The van der Waals surface area contributed by atoms with Crippen LogP contribution in [0, 0.1) is 0 Å². The van der Waals surface area contributed by atoms with Crippen molar-refractivity contribution in [3.8, 4) is 0 Å². The second-order valence-electron chi connectivity index (χ2n) is 5.75. The fourth-order valence-electron chi connectivity index (χ4n) is 2.64. The standard InChI is InChI=1S/C17H24N2S/c1-3-5-10-19-16-12-14(20-11-4-2)8-9-15(16)18-17(19)13-6-7-13/h8-9,12-13H,3-7,10-11H2,1-2H3. The normalized spacial score (nSPS) is 15.1. The van der Waals surface area contributed by atoms with Gasteiger partial charge in [-0.2, -0.15) is 0 Å². The zero-order valence-electron chi connectivity index (χ0n) is 12.6. The Morgan fingerprint density at radius 3 is 2.80 bits per heavy atom. The van der Waals surface area contributed by atoms with Gasteiger partial charge in [0, 0.05) is 17.4 Å². The van der Waals surface area contributed by atoms with Gasteiger partial charge >= 0.3 is 0 Å². The molecular weight excluding hydrogens is 264 g/mol. The van der Waals surface area contributed by atoms with Crippen LogP contribution in [0.3, 0.4) is 0 Å². The molecule has 0 amide bonds. The van der Waals surface area contributed by atoms with E-state index in [1.54, 1.807) is 0 Å². The quantitative estimate of drug-likeness (QED) is 0.650. The molecule has 0 N–H and O–H groups in total. The number of imidazole rings is 1. The van der Waals surface area contributed by atoms with Gasteiger partial charge in [0.25, 0.3) is 0 Å². The van der Waals surface area contributed by atoms with Gasteiger partial charge in [0.15, 0.2) is 0 Å². The Morgan fingerprint density at radius 1 is 1.25 bits per heavy atom. The first kappa shape index (κ1) is 14.0. The highest BCUT2D eigenvalue weighted by Crippen LogP contribution is 2.41. The highest BCUT2D eigenvalue weighted by atomic mass is 32.2. The third-order valence-electron chi connectivity index (χ3n) is 3.90. The van der Waals surface area contributed by atoms with Crippen LogP contribution in [-0.2, 0) is 6.54 Å². The smallest absolute Gasteiger partial charge is 0.112 e. The number of nitrogens with zero attached hydrogens (tertiary/aromatic N) is 2. The van der Waals surface area contributed by atoms with E-state index in [2.05, 4.69) is 36.6 Å². The van der Waals surface area contributed by atoms with E-state index in [0.29, 0.717) is 0 Å². The van der Waals surface area contributed by atoms with Gasteiger partial charge in [-0.1, -0.05) is 20.3 Å². The molecule has 108 valence electrons.